The van der Waals surface area contributed by atoms with Crippen molar-refractivity contribution in [2.24, 2.45) is 0 Å². The Morgan fingerprint density at radius 3 is 1.72 bits per heavy atom. The van der Waals surface area contributed by atoms with Crippen molar-refractivity contribution >= 4 is 59.1 Å². The quantitative estimate of drug-likeness (QED) is 0.0951. The van der Waals surface area contributed by atoms with Crippen molar-refractivity contribution in [1.82, 2.24) is 17.5 Å². The van der Waals surface area contributed by atoms with Gasteiger partial charge in [-0.3, -0.25) is 24.5 Å². The number of ether oxygens (including phenoxy) is 2. The summed E-state index contributed by atoms with van der Waals surface area (Å²) in [5, 5.41) is 34.3. The number of rotatable bonds is 12. The number of fused-ring (bicyclic) bond motifs is 2. The lowest BCUT2D eigenvalue weighted by atomic mass is 10.2. The molecule has 8 rings (SSSR count). The number of phenolic OH excluding ortho intramolecular Hbond substituents is 2. The fraction of sp³-hybridized carbons (Fsp3) is 0.133. The number of nitrogens with zero attached hydrogens (tertiary/aromatic N) is 5. The summed E-state index contributed by atoms with van der Waals surface area (Å²) in [6.07, 6.45) is 0. The Morgan fingerprint density at radius 2 is 1.21 bits per heavy atom. The van der Waals surface area contributed by atoms with Crippen molar-refractivity contribution in [2.75, 3.05) is 19.5 Å². The van der Waals surface area contributed by atoms with Crippen LogP contribution in [-0.2, 0) is 37.9 Å². The average Bonchev–Trinajstić information content (AvgIpc) is 3.74. The Labute approximate surface area is 379 Å². The van der Waals surface area contributed by atoms with Gasteiger partial charge in [0.1, 0.15) is 28.8 Å². The van der Waals surface area contributed by atoms with Crippen LogP contribution < -0.4 is 25.9 Å². The largest absolute Gasteiger partial charge is 0.508 e. The van der Waals surface area contributed by atoms with E-state index in [0.717, 1.165) is 41.8 Å². The summed E-state index contributed by atoms with van der Waals surface area (Å²) in [7, 11) is -5.81. The molecule has 0 fully saturated rings. The summed E-state index contributed by atoms with van der Waals surface area (Å²) >= 11 is 0. The summed E-state index contributed by atoms with van der Waals surface area (Å²) in [5.41, 5.74) is 0.0137. The number of benzene rings is 6. The standard InChI is InChI=1S/C23H20N4O8S.C22H19FN2O5S/c1-14(28)24-16-3-7-19(8-4-16)36(33,34)26-21-9-6-18(35-2)12-20(21)23(30)25(26)13-15-11-17(27(31)32)5-10-22(15)29;1-14-3-9-18(12-21(14)26)31(28,29)25-20-10-8-17(30-2)11-19(20)22(27)24(25)13-15-4-6-16(23)7-5-15/h3-12,29H,13H2,1-2H3,(H,24,28);3-12,26H,13H2,1-2H3. The number of aryl methyl sites for hydroxylation is 1. The van der Waals surface area contributed by atoms with Crippen LogP contribution in [0.3, 0.4) is 0 Å². The lowest BCUT2D eigenvalue weighted by molar-refractivity contribution is -0.384. The van der Waals surface area contributed by atoms with E-state index in [9.17, 15) is 55.9 Å². The number of amides is 1. The molecule has 8 aromatic rings. The molecule has 346 valence electrons. The topological polar surface area (TPSA) is 253 Å². The molecule has 2 heterocycles. The van der Waals surface area contributed by atoms with Crippen molar-refractivity contribution in [1.29, 1.82) is 0 Å². The number of phenols is 2. The number of aromatic nitrogens is 4. The maximum atomic E-state index is 13.7. The number of anilines is 1. The van der Waals surface area contributed by atoms with Crippen LogP contribution in [0.25, 0.3) is 21.8 Å². The highest BCUT2D eigenvalue weighted by molar-refractivity contribution is 7.90. The molecule has 67 heavy (non-hydrogen) atoms. The number of non-ortho nitro benzene ring substituents is 1. The highest BCUT2D eigenvalue weighted by Crippen LogP contribution is 2.30. The smallest absolute Gasteiger partial charge is 0.282 e. The van der Waals surface area contributed by atoms with Crippen molar-refractivity contribution < 1.29 is 50.6 Å². The van der Waals surface area contributed by atoms with E-state index in [1.807, 2.05) is 0 Å². The zero-order valence-corrected chi connectivity index (χ0v) is 37.4. The maximum Gasteiger partial charge on any atom is 0.282 e. The minimum Gasteiger partial charge on any atom is -0.508 e. The molecule has 2 aromatic heterocycles. The number of carbonyl (C=O) groups excluding carboxylic acids is 1. The van der Waals surface area contributed by atoms with E-state index in [0.29, 0.717) is 28.3 Å². The summed E-state index contributed by atoms with van der Waals surface area (Å²) in [6.45, 7) is 2.38. The minimum absolute atomic E-state index is 0.0257. The fourth-order valence-electron chi connectivity index (χ4n) is 7.05. The van der Waals surface area contributed by atoms with Crippen molar-refractivity contribution in [3.8, 4) is 23.0 Å². The normalized spacial score (nSPS) is 11.5. The van der Waals surface area contributed by atoms with E-state index in [1.165, 1.54) is 112 Å². The van der Waals surface area contributed by atoms with Gasteiger partial charge in [0, 0.05) is 36.4 Å². The number of aromatic hydroxyl groups is 2. The Bertz CT molecular complexity index is 3600. The molecule has 0 unspecified atom stereocenters. The van der Waals surface area contributed by atoms with E-state index in [1.54, 1.807) is 13.0 Å². The lowest BCUT2D eigenvalue weighted by Gasteiger charge is -2.15. The first kappa shape index (κ1) is 46.7. The zero-order valence-electron chi connectivity index (χ0n) is 35.8. The molecular formula is C45H39FN6O13S2. The van der Waals surface area contributed by atoms with Gasteiger partial charge >= 0.3 is 0 Å². The molecule has 0 bridgehead atoms. The van der Waals surface area contributed by atoms with E-state index in [4.69, 9.17) is 9.47 Å². The Balaban J connectivity index is 0.000000201. The highest BCUT2D eigenvalue weighted by atomic mass is 32.2. The zero-order chi connectivity index (χ0) is 48.5. The molecule has 0 aliphatic carbocycles. The molecule has 19 nitrogen and oxygen atoms in total. The number of carbonyl (C=O) groups is 1. The first-order valence-corrected chi connectivity index (χ1v) is 22.6. The fourth-order valence-corrected chi connectivity index (χ4v) is 10.1. The molecule has 22 heteroatoms. The second-order valence-electron chi connectivity index (χ2n) is 14.8. The molecule has 6 aromatic carbocycles. The van der Waals surface area contributed by atoms with Gasteiger partial charge in [-0.25, -0.2) is 13.8 Å². The van der Waals surface area contributed by atoms with Gasteiger partial charge in [0.2, 0.25) is 5.91 Å². The molecule has 1 amide bonds. The number of nitrogens with one attached hydrogen (secondary N) is 1. The molecule has 0 spiro atoms. The Hall–Kier alpha value is -8.24. The van der Waals surface area contributed by atoms with Crippen LogP contribution in [0.5, 0.6) is 23.0 Å². The van der Waals surface area contributed by atoms with Crippen LogP contribution in [0.2, 0.25) is 0 Å². The molecule has 3 N–H and O–H groups in total. The van der Waals surface area contributed by atoms with E-state index in [-0.39, 0.29) is 66.8 Å². The second kappa shape index (κ2) is 18.3. The molecule has 0 aliphatic rings. The summed E-state index contributed by atoms with van der Waals surface area (Å²) in [6, 6.07) is 26.8. The van der Waals surface area contributed by atoms with E-state index >= 15 is 0 Å². The first-order chi connectivity index (χ1) is 31.7. The molecule has 0 atom stereocenters. The van der Waals surface area contributed by atoms with Gasteiger partial charge in [0.25, 0.3) is 36.9 Å². The van der Waals surface area contributed by atoms with Crippen LogP contribution in [-0.4, -0.2) is 69.6 Å². The number of nitro benzene ring substituents is 1. The predicted molar refractivity (Wildman–Crippen MR) is 244 cm³/mol. The maximum absolute atomic E-state index is 13.7. The summed E-state index contributed by atoms with van der Waals surface area (Å²) in [5.74, 6) is -0.573. The lowest BCUT2D eigenvalue weighted by Crippen LogP contribution is -2.28. The van der Waals surface area contributed by atoms with Gasteiger partial charge in [0.05, 0.1) is 63.8 Å². The van der Waals surface area contributed by atoms with Gasteiger partial charge in [-0.05, 0) is 103 Å². The van der Waals surface area contributed by atoms with Gasteiger partial charge in [-0.15, -0.1) is 0 Å². The number of hydrogen-bond acceptors (Lipinski definition) is 13. The number of methoxy groups -OCH3 is 2. The number of nitro groups is 1. The summed E-state index contributed by atoms with van der Waals surface area (Å²) in [4.78, 5) is 48.0. The van der Waals surface area contributed by atoms with Crippen LogP contribution in [0.15, 0.2) is 141 Å². The Kier molecular flexibility index (Phi) is 12.8. The molecule has 0 aliphatic heterocycles. The molecule has 0 saturated carbocycles. The highest BCUT2D eigenvalue weighted by Gasteiger charge is 2.28. The van der Waals surface area contributed by atoms with Crippen LogP contribution in [0.4, 0.5) is 15.8 Å². The summed E-state index contributed by atoms with van der Waals surface area (Å²) < 4.78 is 81.9. The van der Waals surface area contributed by atoms with Crippen LogP contribution >= 0.6 is 0 Å². The van der Waals surface area contributed by atoms with Crippen molar-refractivity contribution in [2.45, 2.75) is 36.7 Å². The third-order valence-electron chi connectivity index (χ3n) is 10.4. The second-order valence-corrected chi connectivity index (χ2v) is 18.4. The van der Waals surface area contributed by atoms with Gasteiger partial charge in [0.15, 0.2) is 0 Å². The van der Waals surface area contributed by atoms with E-state index in [2.05, 4.69) is 5.32 Å². The number of halogens is 1. The minimum atomic E-state index is -4.39. The van der Waals surface area contributed by atoms with E-state index < -0.39 is 48.5 Å². The van der Waals surface area contributed by atoms with Gasteiger partial charge in [-0.1, -0.05) is 18.2 Å². The van der Waals surface area contributed by atoms with Crippen molar-refractivity contribution in [3.63, 3.8) is 0 Å². The third kappa shape index (κ3) is 9.19. The van der Waals surface area contributed by atoms with Gasteiger partial charge in [-0.2, -0.15) is 25.0 Å². The molecule has 0 radical (unpaired) electrons. The SMILES string of the molecule is COc1ccc2c(c1)c(=O)n(Cc1cc([N+](=O)[O-])ccc1O)n2S(=O)(=O)c1ccc(NC(C)=O)cc1.COc1ccc2c(c1)c(=O)n(Cc1ccc(F)cc1)n2S(=O)(=O)c1ccc(C)c(O)c1. The molecular weight excluding hydrogens is 916 g/mol. The molecule has 0 saturated heterocycles. The number of hydrogen-bond donors (Lipinski definition) is 3. The monoisotopic (exact) mass is 954 g/mol. The van der Waals surface area contributed by atoms with Crippen molar-refractivity contribution in [3.05, 3.63) is 175 Å². The van der Waals surface area contributed by atoms with Crippen LogP contribution in [0.1, 0.15) is 23.6 Å². The van der Waals surface area contributed by atoms with Gasteiger partial charge < -0.3 is 25.0 Å². The van der Waals surface area contributed by atoms with Crippen LogP contribution in [0, 0.1) is 22.9 Å². The average molecular weight is 955 g/mol. The third-order valence-corrected chi connectivity index (χ3v) is 13.8. The predicted octanol–water partition coefficient (Wildman–Crippen LogP) is 5.92. The Morgan fingerprint density at radius 1 is 0.687 bits per heavy atom. The first-order valence-electron chi connectivity index (χ1n) is 19.7.